The van der Waals surface area contributed by atoms with Gasteiger partial charge in [0, 0.05) is 10.8 Å². The molecule has 0 amide bonds. The Morgan fingerprint density at radius 3 is 2.58 bits per heavy atom. The largest absolute Gasteiger partial charge is 0.240 e. The van der Waals surface area contributed by atoms with E-state index in [9.17, 15) is 12.8 Å². The number of sulfonamides is 1. The summed E-state index contributed by atoms with van der Waals surface area (Å²) in [4.78, 5) is 0.0731. The second-order valence-electron chi connectivity index (χ2n) is 5.77. The first-order valence-corrected chi connectivity index (χ1v) is 9.51. The summed E-state index contributed by atoms with van der Waals surface area (Å²) in [5.41, 5.74) is 2.62. The minimum absolute atomic E-state index is 0.157. The molecule has 0 bridgehead atoms. The zero-order chi connectivity index (χ0) is 18.9. The van der Waals surface area contributed by atoms with E-state index in [2.05, 4.69) is 6.07 Å². The summed E-state index contributed by atoms with van der Waals surface area (Å²) in [5, 5.41) is 14.0. The minimum atomic E-state index is -4.11. The number of nitrogens with zero attached hydrogens (tertiary/aromatic N) is 1. The summed E-state index contributed by atoms with van der Waals surface area (Å²) in [6.07, 6.45) is 5.41. The van der Waals surface area contributed by atoms with Crippen molar-refractivity contribution < 1.29 is 12.8 Å². The first-order chi connectivity index (χ1) is 12.3. The van der Waals surface area contributed by atoms with E-state index in [-0.39, 0.29) is 5.92 Å². The lowest BCUT2D eigenvalue weighted by atomic mass is 9.87. The molecule has 0 fully saturated rings. The molecule has 2 aromatic carbocycles. The number of rotatable bonds is 3. The van der Waals surface area contributed by atoms with Gasteiger partial charge in [-0.25, -0.2) is 17.9 Å². The molecule has 0 radical (unpaired) electrons. The maximum absolute atomic E-state index is 14.0. The highest BCUT2D eigenvalue weighted by Gasteiger charge is 2.19. The summed E-state index contributed by atoms with van der Waals surface area (Å²) >= 11 is 5.46. The molecule has 0 aliphatic heterocycles. The minimum Gasteiger partial charge on any atom is -0.225 e. The number of hydrogen-bond donors (Lipinski definition) is 1. The molecule has 0 spiro atoms. The standard InChI is InChI=1S/C19H13FN2O2S2/c20-17-9-13(5-7-19(17)26(22,23)24)14-4-6-16(18(25)10-14)15-3-1-2-12(8-15)11-21/h1-10,16H,(H2,22,23,24). The highest BCUT2D eigenvalue weighted by molar-refractivity contribution is 7.89. The zero-order valence-electron chi connectivity index (χ0n) is 13.4. The molecule has 1 unspecified atom stereocenters. The van der Waals surface area contributed by atoms with E-state index < -0.39 is 20.7 Å². The first kappa shape index (κ1) is 18.1. The molecule has 1 aliphatic carbocycles. The van der Waals surface area contributed by atoms with Gasteiger partial charge in [-0.15, -0.1) is 0 Å². The quantitative estimate of drug-likeness (QED) is 0.822. The van der Waals surface area contributed by atoms with E-state index in [1.54, 1.807) is 30.4 Å². The van der Waals surface area contributed by atoms with E-state index in [0.717, 1.165) is 17.7 Å². The Kier molecular flexibility index (Phi) is 4.83. The van der Waals surface area contributed by atoms with E-state index >= 15 is 0 Å². The van der Waals surface area contributed by atoms with Crippen LogP contribution in [0.15, 0.2) is 65.6 Å². The number of allylic oxidation sites excluding steroid dienone is 4. The van der Waals surface area contributed by atoms with Gasteiger partial charge < -0.3 is 0 Å². The zero-order valence-corrected chi connectivity index (χ0v) is 15.0. The second kappa shape index (κ2) is 6.92. The van der Waals surface area contributed by atoms with Crippen LogP contribution < -0.4 is 5.14 Å². The lowest BCUT2D eigenvalue weighted by Crippen LogP contribution is -2.14. The molecular formula is C19H13FN2O2S2. The Labute approximate surface area is 156 Å². The predicted molar refractivity (Wildman–Crippen MR) is 101 cm³/mol. The van der Waals surface area contributed by atoms with Gasteiger partial charge in [0.25, 0.3) is 0 Å². The van der Waals surface area contributed by atoms with Crippen molar-refractivity contribution in [3.8, 4) is 6.07 Å². The van der Waals surface area contributed by atoms with Gasteiger partial charge in [-0.2, -0.15) is 5.26 Å². The normalized spacial score (nSPS) is 16.9. The lowest BCUT2D eigenvalue weighted by molar-refractivity contribution is 0.568. The molecule has 130 valence electrons. The third-order valence-corrected chi connectivity index (χ3v) is 5.34. The Morgan fingerprint density at radius 2 is 1.96 bits per heavy atom. The summed E-state index contributed by atoms with van der Waals surface area (Å²) in [5.74, 6) is -1.07. The van der Waals surface area contributed by atoms with E-state index in [1.807, 2.05) is 12.1 Å². The Bertz CT molecular complexity index is 1110. The highest BCUT2D eigenvalue weighted by Crippen LogP contribution is 2.30. The Hall–Kier alpha value is -2.66. The smallest absolute Gasteiger partial charge is 0.225 e. The van der Waals surface area contributed by atoms with Crippen LogP contribution in [-0.4, -0.2) is 13.3 Å². The molecule has 26 heavy (non-hydrogen) atoms. The fourth-order valence-corrected chi connectivity index (χ4v) is 3.68. The molecule has 0 saturated heterocycles. The van der Waals surface area contributed by atoms with Gasteiger partial charge in [0.15, 0.2) is 0 Å². The van der Waals surface area contributed by atoms with Gasteiger partial charge >= 0.3 is 0 Å². The Morgan fingerprint density at radius 1 is 1.19 bits per heavy atom. The third kappa shape index (κ3) is 3.63. The molecule has 7 heteroatoms. The van der Waals surface area contributed by atoms with Crippen molar-refractivity contribution in [2.75, 3.05) is 0 Å². The average Bonchev–Trinajstić information content (AvgIpc) is 2.60. The van der Waals surface area contributed by atoms with Crippen LogP contribution in [0.4, 0.5) is 4.39 Å². The van der Waals surface area contributed by atoms with Crippen molar-refractivity contribution in [2.24, 2.45) is 5.14 Å². The molecular weight excluding hydrogens is 371 g/mol. The van der Waals surface area contributed by atoms with Crippen LogP contribution in [0, 0.1) is 17.1 Å². The van der Waals surface area contributed by atoms with Crippen LogP contribution in [0.25, 0.3) is 5.57 Å². The van der Waals surface area contributed by atoms with Crippen LogP contribution in [-0.2, 0) is 10.0 Å². The molecule has 2 N–H and O–H groups in total. The van der Waals surface area contributed by atoms with Gasteiger partial charge in [-0.3, -0.25) is 0 Å². The highest BCUT2D eigenvalue weighted by atomic mass is 32.2. The number of nitrogens with two attached hydrogens (primary N) is 1. The van der Waals surface area contributed by atoms with Crippen molar-refractivity contribution >= 4 is 32.7 Å². The summed E-state index contributed by atoms with van der Waals surface area (Å²) in [6.45, 7) is 0. The number of nitriles is 1. The molecule has 0 saturated carbocycles. The fraction of sp³-hybridized carbons (Fsp3) is 0.0526. The summed E-state index contributed by atoms with van der Waals surface area (Å²) in [6, 6.07) is 13.0. The van der Waals surface area contributed by atoms with Gasteiger partial charge in [0.1, 0.15) is 10.7 Å². The number of primary sulfonamides is 1. The Balaban J connectivity index is 1.92. The first-order valence-electron chi connectivity index (χ1n) is 7.56. The van der Waals surface area contributed by atoms with E-state index in [4.69, 9.17) is 22.6 Å². The molecule has 3 rings (SSSR count). The van der Waals surface area contributed by atoms with Crippen molar-refractivity contribution in [2.45, 2.75) is 10.8 Å². The maximum atomic E-state index is 14.0. The molecule has 1 aliphatic rings. The van der Waals surface area contributed by atoms with Crippen molar-refractivity contribution in [3.05, 3.63) is 83.2 Å². The monoisotopic (exact) mass is 384 g/mol. The molecule has 0 heterocycles. The molecule has 1 atom stereocenters. The van der Waals surface area contributed by atoms with E-state index in [0.29, 0.717) is 21.6 Å². The number of benzene rings is 2. The lowest BCUT2D eigenvalue weighted by Gasteiger charge is -2.18. The third-order valence-electron chi connectivity index (χ3n) is 4.02. The van der Waals surface area contributed by atoms with Crippen LogP contribution in [0.1, 0.15) is 22.6 Å². The van der Waals surface area contributed by atoms with E-state index in [1.165, 1.54) is 6.07 Å². The second-order valence-corrected chi connectivity index (χ2v) is 7.77. The summed E-state index contributed by atoms with van der Waals surface area (Å²) in [7, 11) is -4.11. The van der Waals surface area contributed by atoms with Crippen LogP contribution in [0.2, 0.25) is 0 Å². The summed E-state index contributed by atoms with van der Waals surface area (Å²) < 4.78 is 36.7. The SMILES string of the molecule is N#Cc1cccc(C2C=CC(c3ccc(S(N)(=O)=O)c(F)c3)=CC2=S)c1. The number of hydrogen-bond acceptors (Lipinski definition) is 4. The molecule has 2 aromatic rings. The van der Waals surface area contributed by atoms with Crippen molar-refractivity contribution in [1.29, 1.82) is 5.26 Å². The van der Waals surface area contributed by atoms with Crippen LogP contribution in [0.5, 0.6) is 0 Å². The molecule has 4 nitrogen and oxygen atoms in total. The number of halogens is 1. The van der Waals surface area contributed by atoms with Crippen LogP contribution >= 0.6 is 12.2 Å². The number of thiocarbonyl (C=S) groups is 1. The van der Waals surface area contributed by atoms with Gasteiger partial charge in [0.05, 0.1) is 11.6 Å². The maximum Gasteiger partial charge on any atom is 0.240 e. The van der Waals surface area contributed by atoms with Gasteiger partial charge in [0.2, 0.25) is 10.0 Å². The van der Waals surface area contributed by atoms with Gasteiger partial charge in [-0.1, -0.05) is 42.6 Å². The molecule has 0 aromatic heterocycles. The average molecular weight is 384 g/mol. The van der Waals surface area contributed by atoms with Gasteiger partial charge in [-0.05, 0) is 47.0 Å². The van der Waals surface area contributed by atoms with Crippen molar-refractivity contribution in [1.82, 2.24) is 0 Å². The predicted octanol–water partition coefficient (Wildman–Crippen LogP) is 3.45. The van der Waals surface area contributed by atoms with Crippen LogP contribution in [0.3, 0.4) is 0 Å². The van der Waals surface area contributed by atoms with Crippen molar-refractivity contribution in [3.63, 3.8) is 0 Å². The fourth-order valence-electron chi connectivity index (χ4n) is 2.75. The topological polar surface area (TPSA) is 83.9 Å².